The van der Waals surface area contributed by atoms with Gasteiger partial charge in [0.15, 0.2) is 5.78 Å². The van der Waals surface area contributed by atoms with E-state index < -0.39 is 0 Å². The topological polar surface area (TPSA) is 60.5 Å². The highest BCUT2D eigenvalue weighted by Gasteiger charge is 2.23. The first-order valence-corrected chi connectivity index (χ1v) is 10.1. The van der Waals surface area contributed by atoms with Gasteiger partial charge in [0.25, 0.3) is 0 Å². The fraction of sp³-hybridized carbons (Fsp3) is 0.192. The first kappa shape index (κ1) is 20.5. The number of methoxy groups -OCH3 is 3. The average Bonchev–Trinajstić information content (AvgIpc) is 3.22. The highest BCUT2D eigenvalue weighted by atomic mass is 16.5. The molecule has 4 rings (SSSR count). The number of aryl methyl sites for hydroxylation is 1. The Labute approximate surface area is 181 Å². The van der Waals surface area contributed by atoms with E-state index in [1.54, 1.807) is 45.6 Å². The fourth-order valence-electron chi connectivity index (χ4n) is 3.87. The summed E-state index contributed by atoms with van der Waals surface area (Å²) in [5, 5.41) is 0.926. The van der Waals surface area contributed by atoms with Crippen molar-refractivity contribution in [2.24, 2.45) is 0 Å². The molecule has 4 aromatic rings. The van der Waals surface area contributed by atoms with Crippen LogP contribution in [0.1, 0.15) is 28.4 Å². The van der Waals surface area contributed by atoms with E-state index in [1.807, 2.05) is 36.4 Å². The maximum Gasteiger partial charge on any atom is 0.195 e. The molecule has 0 spiro atoms. The van der Waals surface area contributed by atoms with Crippen molar-refractivity contribution in [1.82, 2.24) is 4.98 Å². The van der Waals surface area contributed by atoms with Crippen LogP contribution in [0.15, 0.2) is 60.7 Å². The minimum atomic E-state index is -0.0420. The zero-order valence-electron chi connectivity index (χ0n) is 18.1. The van der Waals surface area contributed by atoms with E-state index in [0.717, 1.165) is 45.6 Å². The van der Waals surface area contributed by atoms with Gasteiger partial charge < -0.3 is 19.2 Å². The highest BCUT2D eigenvalue weighted by molar-refractivity contribution is 6.21. The van der Waals surface area contributed by atoms with Crippen molar-refractivity contribution < 1.29 is 19.0 Å². The van der Waals surface area contributed by atoms with E-state index in [4.69, 9.17) is 14.2 Å². The van der Waals surface area contributed by atoms with Gasteiger partial charge in [0.1, 0.15) is 17.2 Å². The van der Waals surface area contributed by atoms with Gasteiger partial charge in [0.05, 0.1) is 38.1 Å². The molecule has 1 heterocycles. The van der Waals surface area contributed by atoms with Crippen molar-refractivity contribution in [3.63, 3.8) is 0 Å². The summed E-state index contributed by atoms with van der Waals surface area (Å²) in [5.41, 5.74) is 4.89. The normalized spacial score (nSPS) is 10.8. The second-order valence-electron chi connectivity index (χ2n) is 7.22. The van der Waals surface area contributed by atoms with Crippen molar-refractivity contribution in [2.75, 3.05) is 21.3 Å². The number of hydrogen-bond acceptors (Lipinski definition) is 4. The third-order valence-electron chi connectivity index (χ3n) is 5.53. The number of aromatic nitrogens is 1. The molecular formula is C26H25NO4. The number of fused-ring (bicyclic) bond motifs is 1. The summed E-state index contributed by atoms with van der Waals surface area (Å²) >= 11 is 0. The summed E-state index contributed by atoms with van der Waals surface area (Å²) in [5.74, 6) is 2.19. The molecule has 0 aliphatic carbocycles. The lowest BCUT2D eigenvalue weighted by atomic mass is 9.94. The van der Waals surface area contributed by atoms with Crippen molar-refractivity contribution in [3.8, 4) is 28.5 Å². The zero-order chi connectivity index (χ0) is 22.0. The molecule has 5 heteroatoms. The Hall–Kier alpha value is -3.73. The monoisotopic (exact) mass is 415 g/mol. The van der Waals surface area contributed by atoms with Crippen molar-refractivity contribution in [2.45, 2.75) is 13.3 Å². The smallest absolute Gasteiger partial charge is 0.195 e. The van der Waals surface area contributed by atoms with Gasteiger partial charge in [0.2, 0.25) is 0 Å². The summed E-state index contributed by atoms with van der Waals surface area (Å²) in [6.45, 7) is 2.08. The third-order valence-corrected chi connectivity index (χ3v) is 5.53. The number of carbonyl (C=O) groups is 1. The molecule has 0 aliphatic rings. The second-order valence-corrected chi connectivity index (χ2v) is 7.22. The van der Waals surface area contributed by atoms with Gasteiger partial charge in [-0.15, -0.1) is 0 Å². The van der Waals surface area contributed by atoms with E-state index in [0.29, 0.717) is 16.9 Å². The van der Waals surface area contributed by atoms with Crippen LogP contribution < -0.4 is 14.2 Å². The summed E-state index contributed by atoms with van der Waals surface area (Å²) in [7, 11) is 4.90. The van der Waals surface area contributed by atoms with Crippen LogP contribution in [0, 0.1) is 0 Å². The highest BCUT2D eigenvalue weighted by Crippen LogP contribution is 2.37. The molecule has 1 N–H and O–H groups in total. The molecular weight excluding hydrogens is 390 g/mol. The number of hydrogen-bond donors (Lipinski definition) is 1. The quantitative estimate of drug-likeness (QED) is 0.396. The summed E-state index contributed by atoms with van der Waals surface area (Å²) in [6.07, 6.45) is 0.774. The van der Waals surface area contributed by atoms with E-state index in [1.165, 1.54) is 0 Å². The van der Waals surface area contributed by atoms with Crippen LogP contribution in [-0.4, -0.2) is 32.1 Å². The average molecular weight is 415 g/mol. The predicted molar refractivity (Wildman–Crippen MR) is 123 cm³/mol. The van der Waals surface area contributed by atoms with Gasteiger partial charge in [-0.05, 0) is 72.1 Å². The van der Waals surface area contributed by atoms with Crippen LogP contribution >= 0.6 is 0 Å². The number of carbonyl (C=O) groups excluding carboxylic acids is 1. The Balaban J connectivity index is 1.97. The van der Waals surface area contributed by atoms with Gasteiger partial charge >= 0.3 is 0 Å². The van der Waals surface area contributed by atoms with Crippen LogP contribution in [0.2, 0.25) is 0 Å². The Morgan fingerprint density at radius 3 is 1.94 bits per heavy atom. The summed E-state index contributed by atoms with van der Waals surface area (Å²) < 4.78 is 16.0. The van der Waals surface area contributed by atoms with Crippen LogP contribution in [-0.2, 0) is 6.42 Å². The zero-order valence-corrected chi connectivity index (χ0v) is 18.1. The second kappa shape index (κ2) is 8.56. The minimum Gasteiger partial charge on any atom is -0.497 e. The largest absolute Gasteiger partial charge is 0.497 e. The van der Waals surface area contributed by atoms with Gasteiger partial charge in [-0.2, -0.15) is 0 Å². The molecule has 0 bridgehead atoms. The molecule has 0 amide bonds. The van der Waals surface area contributed by atoms with Gasteiger partial charge in [-0.3, -0.25) is 4.79 Å². The number of ether oxygens (including phenoxy) is 3. The SMILES string of the molecule is CCc1cc(OC)cc2[nH]c(-c3ccc(OC)cc3)c(C(=O)c3ccc(OC)cc3)c12. The van der Waals surface area contributed by atoms with Gasteiger partial charge in [-0.25, -0.2) is 0 Å². The first-order valence-electron chi connectivity index (χ1n) is 10.1. The molecule has 0 atom stereocenters. The van der Waals surface area contributed by atoms with Crippen LogP contribution in [0.4, 0.5) is 0 Å². The molecule has 5 nitrogen and oxygen atoms in total. The number of H-pyrrole nitrogens is 1. The first-order chi connectivity index (χ1) is 15.1. The predicted octanol–water partition coefficient (Wildman–Crippen LogP) is 5.65. The molecule has 31 heavy (non-hydrogen) atoms. The molecule has 1 aromatic heterocycles. The molecule has 0 aliphatic heterocycles. The standard InChI is InChI=1S/C26H25NO4/c1-5-16-14-21(31-4)15-22-23(16)24(26(28)18-8-12-20(30-3)13-9-18)25(27-22)17-6-10-19(29-2)11-7-17/h6-15,27H,5H2,1-4H3. The Bertz CT molecular complexity index is 1220. The Kier molecular flexibility index (Phi) is 5.67. The number of benzene rings is 3. The summed E-state index contributed by atoms with van der Waals surface area (Å²) in [4.78, 5) is 17.2. The van der Waals surface area contributed by atoms with E-state index in [2.05, 4.69) is 11.9 Å². The number of nitrogens with one attached hydrogen (secondary N) is 1. The van der Waals surface area contributed by atoms with E-state index in [-0.39, 0.29) is 5.78 Å². The number of aromatic amines is 1. The molecule has 0 radical (unpaired) electrons. The van der Waals surface area contributed by atoms with Crippen LogP contribution in [0.25, 0.3) is 22.2 Å². The van der Waals surface area contributed by atoms with Crippen LogP contribution in [0.3, 0.4) is 0 Å². The molecule has 0 saturated heterocycles. The molecule has 0 unspecified atom stereocenters. The fourth-order valence-corrected chi connectivity index (χ4v) is 3.87. The van der Waals surface area contributed by atoms with E-state index >= 15 is 0 Å². The van der Waals surface area contributed by atoms with Crippen molar-refractivity contribution in [3.05, 3.63) is 77.4 Å². The number of ketones is 1. The van der Waals surface area contributed by atoms with E-state index in [9.17, 15) is 4.79 Å². The molecule has 3 aromatic carbocycles. The number of rotatable bonds is 7. The molecule has 0 saturated carbocycles. The lowest BCUT2D eigenvalue weighted by Crippen LogP contribution is -2.04. The lowest BCUT2D eigenvalue weighted by molar-refractivity contribution is 0.104. The van der Waals surface area contributed by atoms with Crippen molar-refractivity contribution >= 4 is 16.7 Å². The third kappa shape index (κ3) is 3.75. The Morgan fingerprint density at radius 2 is 1.39 bits per heavy atom. The molecule has 158 valence electrons. The summed E-state index contributed by atoms with van der Waals surface area (Å²) in [6, 6.07) is 18.8. The molecule has 0 fully saturated rings. The van der Waals surface area contributed by atoms with Gasteiger partial charge in [-0.1, -0.05) is 6.92 Å². The Morgan fingerprint density at radius 1 is 0.806 bits per heavy atom. The minimum absolute atomic E-state index is 0.0420. The van der Waals surface area contributed by atoms with Crippen molar-refractivity contribution in [1.29, 1.82) is 0 Å². The van der Waals surface area contributed by atoms with Gasteiger partial charge in [0, 0.05) is 17.0 Å². The lowest BCUT2D eigenvalue weighted by Gasteiger charge is -2.09. The van der Waals surface area contributed by atoms with Crippen LogP contribution in [0.5, 0.6) is 17.2 Å². The maximum atomic E-state index is 13.7. The maximum absolute atomic E-state index is 13.7.